The summed E-state index contributed by atoms with van der Waals surface area (Å²) < 4.78 is 15.7. The van der Waals surface area contributed by atoms with Crippen molar-refractivity contribution in [2.24, 2.45) is 0 Å². The number of halogens is 2. The maximum atomic E-state index is 12.2. The molecule has 2 aromatic rings. The molecule has 6 nitrogen and oxygen atoms in total. The van der Waals surface area contributed by atoms with E-state index < -0.39 is 18.0 Å². The number of rotatable bonds is 5. The van der Waals surface area contributed by atoms with E-state index in [0.29, 0.717) is 16.5 Å². The highest BCUT2D eigenvalue weighted by atomic mass is 35.5. The maximum Gasteiger partial charge on any atom is 0.340 e. The van der Waals surface area contributed by atoms with Gasteiger partial charge in [-0.15, -0.1) is 0 Å². The van der Waals surface area contributed by atoms with Crippen LogP contribution in [0.25, 0.3) is 0 Å². The molecule has 0 unspecified atom stereocenters. The molecule has 26 heavy (non-hydrogen) atoms. The zero-order chi connectivity index (χ0) is 18.7. The number of benzene rings is 2. The smallest absolute Gasteiger partial charge is 0.340 e. The highest BCUT2D eigenvalue weighted by molar-refractivity contribution is 6.35. The highest BCUT2D eigenvalue weighted by Gasteiger charge is 2.21. The van der Waals surface area contributed by atoms with Crippen LogP contribution in [0.15, 0.2) is 36.4 Å². The van der Waals surface area contributed by atoms with Gasteiger partial charge in [-0.3, -0.25) is 4.79 Å². The van der Waals surface area contributed by atoms with E-state index in [1.807, 2.05) is 6.07 Å². The van der Waals surface area contributed by atoms with Crippen molar-refractivity contribution < 1.29 is 23.8 Å². The van der Waals surface area contributed by atoms with Gasteiger partial charge in [-0.05, 0) is 42.8 Å². The second-order valence-corrected chi connectivity index (χ2v) is 6.42. The van der Waals surface area contributed by atoms with Gasteiger partial charge in [-0.25, -0.2) is 4.79 Å². The molecule has 3 rings (SSSR count). The van der Waals surface area contributed by atoms with Crippen LogP contribution in [0.3, 0.4) is 0 Å². The number of amides is 1. The standard InChI is InChI=1S/C18H15Cl2NO5/c1-10(26-18(23)13-7-12(19)3-4-14(13)20)17(22)21-8-11-2-5-15-16(6-11)25-9-24-15/h2-7,10H,8-9H2,1H3,(H,21,22)/t10-/m0/s1. The third kappa shape index (κ3) is 4.20. The van der Waals surface area contributed by atoms with Gasteiger partial charge in [0.25, 0.3) is 5.91 Å². The minimum absolute atomic E-state index is 0.106. The van der Waals surface area contributed by atoms with Crippen molar-refractivity contribution in [3.05, 3.63) is 57.6 Å². The molecule has 1 heterocycles. The first-order valence-electron chi connectivity index (χ1n) is 7.76. The summed E-state index contributed by atoms with van der Waals surface area (Å²) in [5, 5.41) is 3.25. The molecule has 136 valence electrons. The molecular weight excluding hydrogens is 381 g/mol. The topological polar surface area (TPSA) is 73.9 Å². The zero-order valence-electron chi connectivity index (χ0n) is 13.8. The fourth-order valence-electron chi connectivity index (χ4n) is 2.32. The molecule has 2 aromatic carbocycles. The summed E-state index contributed by atoms with van der Waals surface area (Å²) in [5.41, 5.74) is 0.939. The number of hydrogen-bond acceptors (Lipinski definition) is 5. The minimum Gasteiger partial charge on any atom is -0.454 e. The van der Waals surface area contributed by atoms with Gasteiger partial charge in [-0.2, -0.15) is 0 Å². The van der Waals surface area contributed by atoms with Crippen LogP contribution in [0.4, 0.5) is 0 Å². The Labute approximate surface area is 159 Å². The molecule has 8 heteroatoms. The van der Waals surface area contributed by atoms with Crippen LogP contribution in [0.2, 0.25) is 10.0 Å². The van der Waals surface area contributed by atoms with Gasteiger partial charge >= 0.3 is 5.97 Å². The first-order valence-corrected chi connectivity index (χ1v) is 8.52. The summed E-state index contributed by atoms with van der Waals surface area (Å²) in [4.78, 5) is 24.3. The summed E-state index contributed by atoms with van der Waals surface area (Å²) >= 11 is 11.8. The van der Waals surface area contributed by atoms with E-state index in [2.05, 4.69) is 5.32 Å². The highest BCUT2D eigenvalue weighted by Crippen LogP contribution is 2.32. The van der Waals surface area contributed by atoms with Gasteiger partial charge in [-0.1, -0.05) is 29.3 Å². The number of nitrogens with one attached hydrogen (secondary N) is 1. The molecule has 0 aromatic heterocycles. The quantitative estimate of drug-likeness (QED) is 0.783. The van der Waals surface area contributed by atoms with Crippen molar-refractivity contribution in [2.75, 3.05) is 6.79 Å². The lowest BCUT2D eigenvalue weighted by Crippen LogP contribution is -2.35. The first-order chi connectivity index (χ1) is 12.4. The van der Waals surface area contributed by atoms with E-state index in [4.69, 9.17) is 37.4 Å². The van der Waals surface area contributed by atoms with Crippen LogP contribution in [0, 0.1) is 0 Å². The zero-order valence-corrected chi connectivity index (χ0v) is 15.3. The van der Waals surface area contributed by atoms with Crippen molar-refractivity contribution in [1.82, 2.24) is 5.32 Å². The second-order valence-electron chi connectivity index (χ2n) is 5.58. The average molecular weight is 396 g/mol. The summed E-state index contributed by atoms with van der Waals surface area (Å²) in [5.74, 6) is 0.144. The number of esters is 1. The largest absolute Gasteiger partial charge is 0.454 e. The molecule has 0 aliphatic carbocycles. The van der Waals surface area contributed by atoms with Gasteiger partial charge in [0.05, 0.1) is 10.6 Å². The molecule has 1 amide bonds. The maximum absolute atomic E-state index is 12.2. The van der Waals surface area contributed by atoms with Crippen LogP contribution >= 0.6 is 23.2 Å². The average Bonchev–Trinajstić information content (AvgIpc) is 3.09. The lowest BCUT2D eigenvalue weighted by Gasteiger charge is -2.14. The van der Waals surface area contributed by atoms with E-state index in [1.165, 1.54) is 19.1 Å². The van der Waals surface area contributed by atoms with Crippen LogP contribution < -0.4 is 14.8 Å². The lowest BCUT2D eigenvalue weighted by atomic mass is 10.2. The molecule has 0 fully saturated rings. The summed E-state index contributed by atoms with van der Waals surface area (Å²) in [6.07, 6.45) is -0.994. The molecule has 0 saturated heterocycles. The predicted molar refractivity (Wildman–Crippen MR) is 95.8 cm³/mol. The molecule has 1 aliphatic heterocycles. The van der Waals surface area contributed by atoms with E-state index >= 15 is 0 Å². The monoisotopic (exact) mass is 395 g/mol. The number of hydrogen-bond donors (Lipinski definition) is 1. The molecule has 0 radical (unpaired) electrons. The Kier molecular flexibility index (Phi) is 5.54. The Bertz CT molecular complexity index is 855. The van der Waals surface area contributed by atoms with Crippen molar-refractivity contribution in [2.45, 2.75) is 19.6 Å². The van der Waals surface area contributed by atoms with Crippen LogP contribution in [-0.4, -0.2) is 24.8 Å². The Morgan fingerprint density at radius 3 is 2.73 bits per heavy atom. The van der Waals surface area contributed by atoms with E-state index in [9.17, 15) is 9.59 Å². The minimum atomic E-state index is -0.994. The molecule has 1 N–H and O–H groups in total. The first kappa shape index (κ1) is 18.4. The van der Waals surface area contributed by atoms with Gasteiger partial charge < -0.3 is 19.5 Å². The van der Waals surface area contributed by atoms with E-state index in [0.717, 1.165) is 5.56 Å². The van der Waals surface area contributed by atoms with Crippen LogP contribution in [0.5, 0.6) is 11.5 Å². The van der Waals surface area contributed by atoms with Gasteiger partial charge in [0.2, 0.25) is 6.79 Å². The SMILES string of the molecule is C[C@H](OC(=O)c1cc(Cl)ccc1Cl)C(=O)NCc1ccc2c(c1)OCO2. The van der Waals surface area contributed by atoms with Gasteiger partial charge in [0.1, 0.15) is 0 Å². The number of ether oxygens (including phenoxy) is 3. The third-order valence-electron chi connectivity index (χ3n) is 3.71. The Morgan fingerprint density at radius 1 is 1.15 bits per heavy atom. The van der Waals surface area contributed by atoms with Crippen LogP contribution in [0.1, 0.15) is 22.8 Å². The fourth-order valence-corrected chi connectivity index (χ4v) is 2.68. The molecule has 1 atom stereocenters. The predicted octanol–water partition coefficient (Wildman–Crippen LogP) is 3.58. The molecular formula is C18H15Cl2NO5. The van der Waals surface area contributed by atoms with Crippen molar-refractivity contribution in [3.63, 3.8) is 0 Å². The Balaban J connectivity index is 1.56. The molecule has 0 bridgehead atoms. The van der Waals surface area contributed by atoms with Gasteiger partial charge in [0.15, 0.2) is 17.6 Å². The number of carbonyl (C=O) groups excluding carboxylic acids is 2. The van der Waals surface area contributed by atoms with E-state index in [1.54, 1.807) is 18.2 Å². The summed E-state index contributed by atoms with van der Waals surface area (Å²) in [6.45, 7) is 1.92. The van der Waals surface area contributed by atoms with E-state index in [-0.39, 0.29) is 23.9 Å². The second kappa shape index (κ2) is 7.85. The number of fused-ring (bicyclic) bond motifs is 1. The van der Waals surface area contributed by atoms with Crippen molar-refractivity contribution in [3.8, 4) is 11.5 Å². The Hall–Kier alpha value is -2.44. The fraction of sp³-hybridized carbons (Fsp3) is 0.222. The summed E-state index contributed by atoms with van der Waals surface area (Å²) in [6, 6.07) is 9.81. The molecule has 1 aliphatic rings. The summed E-state index contributed by atoms with van der Waals surface area (Å²) in [7, 11) is 0. The third-order valence-corrected chi connectivity index (χ3v) is 4.27. The van der Waals surface area contributed by atoms with Gasteiger partial charge in [0, 0.05) is 11.6 Å². The van der Waals surface area contributed by atoms with Crippen molar-refractivity contribution >= 4 is 35.1 Å². The normalized spacial score (nSPS) is 13.2. The Morgan fingerprint density at radius 2 is 1.92 bits per heavy atom. The van der Waals surface area contributed by atoms with Crippen LogP contribution in [-0.2, 0) is 16.1 Å². The van der Waals surface area contributed by atoms with Crippen molar-refractivity contribution in [1.29, 1.82) is 0 Å². The molecule has 0 spiro atoms. The lowest BCUT2D eigenvalue weighted by molar-refractivity contribution is -0.129. The number of carbonyl (C=O) groups is 2. The molecule has 0 saturated carbocycles.